The quantitative estimate of drug-likeness (QED) is 0.930. The van der Waals surface area contributed by atoms with Crippen LogP contribution in [0.25, 0.3) is 11.0 Å². The van der Waals surface area contributed by atoms with E-state index < -0.39 is 0 Å². The number of nitrogens with one attached hydrogen (secondary N) is 1. The standard InChI is InChI=1S/C20H28N4O/c1-2-24-19-17(14-6-3-4-7-15(14)20(25)21-19)18(22-24)16-8-5-11-23(16)12-13-9-10-13/h13,16H,2-12H2,1H3,(H,21,25). The largest absolute Gasteiger partial charge is 0.307 e. The molecule has 0 radical (unpaired) electrons. The molecular weight excluding hydrogens is 312 g/mol. The minimum Gasteiger partial charge on any atom is -0.307 e. The molecule has 3 aliphatic rings. The van der Waals surface area contributed by atoms with Gasteiger partial charge in [0.15, 0.2) is 0 Å². The number of pyridine rings is 1. The molecule has 1 saturated carbocycles. The summed E-state index contributed by atoms with van der Waals surface area (Å²) in [5.74, 6) is 0.911. The third-order valence-corrected chi connectivity index (χ3v) is 6.42. The highest BCUT2D eigenvalue weighted by Gasteiger charge is 2.35. The van der Waals surface area contributed by atoms with Gasteiger partial charge < -0.3 is 4.98 Å². The summed E-state index contributed by atoms with van der Waals surface area (Å²) in [6.45, 7) is 5.36. The van der Waals surface area contributed by atoms with E-state index in [0.29, 0.717) is 6.04 Å². The fraction of sp³-hybridized carbons (Fsp3) is 0.700. The van der Waals surface area contributed by atoms with E-state index in [4.69, 9.17) is 5.10 Å². The Morgan fingerprint density at radius 2 is 1.92 bits per heavy atom. The van der Waals surface area contributed by atoms with Crippen LogP contribution in [0.3, 0.4) is 0 Å². The first-order valence-electron chi connectivity index (χ1n) is 10.1. The molecule has 0 amide bonds. The number of nitrogens with zero attached hydrogens (tertiary/aromatic N) is 3. The van der Waals surface area contributed by atoms with Crippen molar-refractivity contribution in [3.05, 3.63) is 27.2 Å². The number of hydrogen-bond donors (Lipinski definition) is 1. The van der Waals surface area contributed by atoms with Gasteiger partial charge in [0.1, 0.15) is 5.65 Å². The van der Waals surface area contributed by atoms with Gasteiger partial charge in [-0.3, -0.25) is 9.69 Å². The average molecular weight is 340 g/mol. The van der Waals surface area contributed by atoms with E-state index in [1.54, 1.807) is 0 Å². The van der Waals surface area contributed by atoms with Gasteiger partial charge in [-0.1, -0.05) is 0 Å². The first kappa shape index (κ1) is 15.6. The second-order valence-electron chi connectivity index (χ2n) is 8.14. The van der Waals surface area contributed by atoms with Gasteiger partial charge >= 0.3 is 0 Å². The normalized spacial score (nSPS) is 24.1. The number of H-pyrrole nitrogens is 1. The topological polar surface area (TPSA) is 53.9 Å². The van der Waals surface area contributed by atoms with Crippen molar-refractivity contribution in [2.75, 3.05) is 13.1 Å². The summed E-state index contributed by atoms with van der Waals surface area (Å²) < 4.78 is 2.02. The molecule has 134 valence electrons. The molecule has 2 aromatic rings. The summed E-state index contributed by atoms with van der Waals surface area (Å²) in [7, 11) is 0. The average Bonchev–Trinajstić information content (AvgIpc) is 3.20. The third kappa shape index (κ3) is 2.55. The van der Waals surface area contributed by atoms with Gasteiger partial charge in [-0.25, -0.2) is 4.68 Å². The Morgan fingerprint density at radius 1 is 1.12 bits per heavy atom. The Hall–Kier alpha value is -1.62. The van der Waals surface area contributed by atoms with E-state index in [1.165, 1.54) is 61.8 Å². The fourth-order valence-corrected chi connectivity index (χ4v) is 4.97. The van der Waals surface area contributed by atoms with Gasteiger partial charge in [0.2, 0.25) is 0 Å². The maximum atomic E-state index is 12.6. The van der Waals surface area contributed by atoms with Crippen molar-refractivity contribution >= 4 is 11.0 Å². The van der Waals surface area contributed by atoms with E-state index >= 15 is 0 Å². The summed E-state index contributed by atoms with van der Waals surface area (Å²) in [6.07, 6.45) is 9.56. The molecule has 2 aromatic heterocycles. The Morgan fingerprint density at radius 3 is 2.68 bits per heavy atom. The number of aromatic amines is 1. The van der Waals surface area contributed by atoms with E-state index in [9.17, 15) is 4.79 Å². The highest BCUT2D eigenvalue weighted by Crippen LogP contribution is 2.40. The second-order valence-corrected chi connectivity index (χ2v) is 8.14. The van der Waals surface area contributed by atoms with Crippen molar-refractivity contribution in [3.63, 3.8) is 0 Å². The van der Waals surface area contributed by atoms with Crippen LogP contribution in [-0.4, -0.2) is 32.8 Å². The monoisotopic (exact) mass is 340 g/mol. The van der Waals surface area contributed by atoms with Gasteiger partial charge in [0.25, 0.3) is 5.56 Å². The molecule has 1 atom stereocenters. The van der Waals surface area contributed by atoms with Crippen LogP contribution >= 0.6 is 0 Å². The predicted molar refractivity (Wildman–Crippen MR) is 98.9 cm³/mol. The molecule has 25 heavy (non-hydrogen) atoms. The van der Waals surface area contributed by atoms with E-state index in [2.05, 4.69) is 16.8 Å². The Bertz CT molecular complexity index is 861. The molecule has 1 unspecified atom stereocenters. The molecule has 2 fully saturated rings. The van der Waals surface area contributed by atoms with Gasteiger partial charge in [0, 0.05) is 24.0 Å². The first-order chi connectivity index (χ1) is 12.3. The fourth-order valence-electron chi connectivity index (χ4n) is 4.97. The predicted octanol–water partition coefficient (Wildman–Crippen LogP) is 3.17. The van der Waals surface area contributed by atoms with E-state index in [0.717, 1.165) is 42.9 Å². The molecular formula is C20H28N4O. The molecule has 5 heteroatoms. The molecule has 1 N–H and O–H groups in total. The molecule has 3 heterocycles. The lowest BCUT2D eigenvalue weighted by Crippen LogP contribution is -2.26. The molecule has 0 aromatic carbocycles. The zero-order chi connectivity index (χ0) is 17.0. The minimum atomic E-state index is 0.115. The lowest BCUT2D eigenvalue weighted by Gasteiger charge is -2.24. The molecule has 0 spiro atoms. The van der Waals surface area contributed by atoms with Gasteiger partial charge in [-0.05, 0) is 76.3 Å². The summed E-state index contributed by atoms with van der Waals surface area (Å²) in [4.78, 5) is 18.4. The van der Waals surface area contributed by atoms with E-state index in [1.807, 2.05) is 4.68 Å². The van der Waals surface area contributed by atoms with Crippen LogP contribution in [0, 0.1) is 5.92 Å². The number of hydrogen-bond acceptors (Lipinski definition) is 3. The Balaban J connectivity index is 1.68. The van der Waals surface area contributed by atoms with Crippen LogP contribution in [0.4, 0.5) is 0 Å². The SMILES string of the molecule is CCn1nc(C2CCCN2CC2CC2)c2c3c(c(=O)[nH]c21)CCCC3. The zero-order valence-corrected chi connectivity index (χ0v) is 15.2. The first-order valence-corrected chi connectivity index (χ1v) is 10.1. The van der Waals surface area contributed by atoms with Crippen molar-refractivity contribution < 1.29 is 0 Å². The Kier molecular flexibility index (Phi) is 3.73. The molecule has 5 rings (SSSR count). The lowest BCUT2D eigenvalue weighted by molar-refractivity contribution is 0.243. The van der Waals surface area contributed by atoms with E-state index in [-0.39, 0.29) is 5.56 Å². The second kappa shape index (κ2) is 5.97. The van der Waals surface area contributed by atoms with Crippen LogP contribution < -0.4 is 5.56 Å². The number of aryl methyl sites for hydroxylation is 2. The van der Waals surface area contributed by atoms with Crippen LogP contribution in [0.5, 0.6) is 0 Å². The van der Waals surface area contributed by atoms with Crippen molar-refractivity contribution in [1.82, 2.24) is 19.7 Å². The third-order valence-electron chi connectivity index (χ3n) is 6.42. The summed E-state index contributed by atoms with van der Waals surface area (Å²) in [5.41, 5.74) is 4.65. The molecule has 1 saturated heterocycles. The number of rotatable bonds is 4. The van der Waals surface area contributed by atoms with Crippen molar-refractivity contribution in [1.29, 1.82) is 0 Å². The molecule has 0 bridgehead atoms. The molecule has 5 nitrogen and oxygen atoms in total. The van der Waals surface area contributed by atoms with Gasteiger partial charge in [-0.15, -0.1) is 0 Å². The van der Waals surface area contributed by atoms with Crippen molar-refractivity contribution in [2.45, 2.75) is 70.9 Å². The zero-order valence-electron chi connectivity index (χ0n) is 15.2. The van der Waals surface area contributed by atoms with Gasteiger partial charge in [0.05, 0.1) is 11.7 Å². The van der Waals surface area contributed by atoms with Gasteiger partial charge in [-0.2, -0.15) is 5.10 Å². The highest BCUT2D eigenvalue weighted by atomic mass is 16.1. The maximum Gasteiger partial charge on any atom is 0.253 e. The number of aromatic nitrogens is 3. The Labute approximate surface area is 148 Å². The van der Waals surface area contributed by atoms with Crippen LogP contribution in [0.2, 0.25) is 0 Å². The molecule has 1 aliphatic heterocycles. The smallest absolute Gasteiger partial charge is 0.253 e. The van der Waals surface area contributed by atoms with Crippen LogP contribution in [-0.2, 0) is 19.4 Å². The minimum absolute atomic E-state index is 0.115. The summed E-state index contributed by atoms with van der Waals surface area (Å²) in [5, 5.41) is 6.30. The van der Waals surface area contributed by atoms with Crippen molar-refractivity contribution in [2.24, 2.45) is 5.92 Å². The summed E-state index contributed by atoms with van der Waals surface area (Å²) >= 11 is 0. The number of fused-ring (bicyclic) bond motifs is 3. The van der Waals surface area contributed by atoms with Crippen LogP contribution in [0.1, 0.15) is 68.3 Å². The highest BCUT2D eigenvalue weighted by molar-refractivity contribution is 5.84. The van der Waals surface area contributed by atoms with Crippen molar-refractivity contribution in [3.8, 4) is 0 Å². The lowest BCUT2D eigenvalue weighted by atomic mass is 9.89. The van der Waals surface area contributed by atoms with Crippen LogP contribution in [0.15, 0.2) is 4.79 Å². The number of likely N-dealkylation sites (tertiary alicyclic amines) is 1. The maximum absolute atomic E-state index is 12.6. The summed E-state index contributed by atoms with van der Waals surface area (Å²) in [6, 6.07) is 0.438. The molecule has 2 aliphatic carbocycles.